The second kappa shape index (κ2) is 9.20. The Morgan fingerprint density at radius 3 is 2.26 bits per heavy atom. The number of rotatable bonds is 9. The highest BCUT2D eigenvalue weighted by molar-refractivity contribution is 7.89. The van der Waals surface area contributed by atoms with Gasteiger partial charge in [-0.25, -0.2) is 13.1 Å². The van der Waals surface area contributed by atoms with Crippen molar-refractivity contribution >= 4 is 21.6 Å². The molecule has 144 valence electrons. The number of nitrogens with one attached hydrogen (secondary N) is 2. The van der Waals surface area contributed by atoms with Gasteiger partial charge < -0.3 is 14.8 Å². The number of carbonyl (C=O) groups excluding carboxylic acids is 1. The summed E-state index contributed by atoms with van der Waals surface area (Å²) in [6.45, 7) is 5.23. The van der Waals surface area contributed by atoms with Crippen LogP contribution in [0.4, 0.5) is 5.69 Å². The predicted molar refractivity (Wildman–Crippen MR) is 104 cm³/mol. The van der Waals surface area contributed by atoms with E-state index in [1.807, 2.05) is 0 Å². The van der Waals surface area contributed by atoms with Crippen LogP contribution in [0.2, 0.25) is 0 Å². The normalized spacial score (nSPS) is 12.1. The van der Waals surface area contributed by atoms with E-state index in [-0.39, 0.29) is 17.3 Å². The lowest BCUT2D eigenvalue weighted by Crippen LogP contribution is -2.30. The largest absolute Gasteiger partial charge is 0.497 e. The van der Waals surface area contributed by atoms with Gasteiger partial charge in [-0.1, -0.05) is 6.08 Å². The molecule has 8 heteroatoms. The van der Waals surface area contributed by atoms with Crippen LogP contribution < -0.4 is 19.5 Å². The summed E-state index contributed by atoms with van der Waals surface area (Å²) < 4.78 is 37.0. The third-order valence-electron chi connectivity index (χ3n) is 3.59. The molecule has 0 spiro atoms. The molecule has 1 unspecified atom stereocenters. The maximum absolute atomic E-state index is 12.3. The van der Waals surface area contributed by atoms with E-state index in [0.29, 0.717) is 17.2 Å². The smallest absolute Gasteiger partial charge is 0.265 e. The number of anilines is 1. The van der Waals surface area contributed by atoms with Gasteiger partial charge in [0.15, 0.2) is 6.10 Å². The molecule has 2 aromatic carbocycles. The fourth-order valence-corrected chi connectivity index (χ4v) is 3.12. The van der Waals surface area contributed by atoms with Gasteiger partial charge in [0.25, 0.3) is 5.91 Å². The summed E-state index contributed by atoms with van der Waals surface area (Å²) in [6, 6.07) is 12.7. The number of sulfonamides is 1. The quantitative estimate of drug-likeness (QED) is 0.642. The number of ether oxygens (including phenoxy) is 2. The molecule has 0 bridgehead atoms. The maximum Gasteiger partial charge on any atom is 0.265 e. The highest BCUT2D eigenvalue weighted by Crippen LogP contribution is 2.19. The van der Waals surface area contributed by atoms with Crippen molar-refractivity contribution in [3.8, 4) is 11.5 Å². The average molecular weight is 390 g/mol. The molecule has 0 saturated heterocycles. The van der Waals surface area contributed by atoms with Crippen LogP contribution in [0.25, 0.3) is 0 Å². The molecule has 0 radical (unpaired) electrons. The molecule has 1 amide bonds. The van der Waals surface area contributed by atoms with Crippen LogP contribution in [0.15, 0.2) is 66.1 Å². The highest BCUT2D eigenvalue weighted by atomic mass is 32.2. The Hall–Kier alpha value is -2.84. The number of methoxy groups -OCH3 is 1. The third-order valence-corrected chi connectivity index (χ3v) is 5.03. The molecule has 0 fully saturated rings. The molecule has 0 aliphatic heterocycles. The number of hydrogen-bond acceptors (Lipinski definition) is 5. The van der Waals surface area contributed by atoms with Crippen molar-refractivity contribution < 1.29 is 22.7 Å². The minimum atomic E-state index is -3.60. The summed E-state index contributed by atoms with van der Waals surface area (Å²) in [5.41, 5.74) is 0.466. The van der Waals surface area contributed by atoms with Crippen molar-refractivity contribution in [3.63, 3.8) is 0 Å². The second-order valence-electron chi connectivity index (χ2n) is 5.59. The summed E-state index contributed by atoms with van der Waals surface area (Å²) in [4.78, 5) is 12.4. The lowest BCUT2D eigenvalue weighted by atomic mass is 10.3. The van der Waals surface area contributed by atoms with Crippen LogP contribution in [-0.2, 0) is 14.8 Å². The van der Waals surface area contributed by atoms with E-state index in [4.69, 9.17) is 9.47 Å². The van der Waals surface area contributed by atoms with Crippen LogP contribution in [0.1, 0.15) is 6.92 Å². The van der Waals surface area contributed by atoms with Crippen LogP contribution >= 0.6 is 0 Å². The van der Waals surface area contributed by atoms with Crippen molar-refractivity contribution in [2.45, 2.75) is 17.9 Å². The Bertz CT molecular complexity index is 877. The zero-order chi connectivity index (χ0) is 19.9. The molecule has 0 saturated carbocycles. The molecule has 2 aromatic rings. The van der Waals surface area contributed by atoms with Gasteiger partial charge in [0.2, 0.25) is 10.0 Å². The average Bonchev–Trinajstić information content (AvgIpc) is 2.67. The van der Waals surface area contributed by atoms with Crippen molar-refractivity contribution in [1.29, 1.82) is 0 Å². The van der Waals surface area contributed by atoms with Crippen molar-refractivity contribution in [2.24, 2.45) is 0 Å². The molecule has 0 heterocycles. The molecular formula is C19H22N2O5S. The second-order valence-corrected chi connectivity index (χ2v) is 7.36. The first-order valence-corrected chi connectivity index (χ1v) is 9.66. The molecule has 0 aliphatic carbocycles. The summed E-state index contributed by atoms with van der Waals surface area (Å²) in [5.74, 6) is 0.872. The summed E-state index contributed by atoms with van der Waals surface area (Å²) in [7, 11) is -2.03. The standard InChI is InChI=1S/C19H22N2O5S/c1-4-13-20-27(23,24)18-11-5-15(6-12-18)21-19(22)14(2)26-17-9-7-16(25-3)8-10-17/h4-12,14,20H,1,13H2,2-3H3,(H,21,22). The molecule has 1 atom stereocenters. The van der Waals surface area contributed by atoms with E-state index in [1.54, 1.807) is 38.3 Å². The van der Waals surface area contributed by atoms with Crippen LogP contribution in [0.5, 0.6) is 11.5 Å². The summed E-state index contributed by atoms with van der Waals surface area (Å²) >= 11 is 0. The molecule has 2 rings (SSSR count). The maximum atomic E-state index is 12.3. The Morgan fingerprint density at radius 2 is 1.70 bits per heavy atom. The fraction of sp³-hybridized carbons (Fsp3) is 0.211. The Morgan fingerprint density at radius 1 is 1.11 bits per heavy atom. The Balaban J connectivity index is 1.97. The Kier molecular flexibility index (Phi) is 6.98. The number of carbonyl (C=O) groups is 1. The number of benzene rings is 2. The van der Waals surface area contributed by atoms with Crippen molar-refractivity contribution in [1.82, 2.24) is 4.72 Å². The van der Waals surface area contributed by atoms with Gasteiger partial charge in [0.1, 0.15) is 11.5 Å². The third kappa shape index (κ3) is 5.83. The van der Waals surface area contributed by atoms with Gasteiger partial charge >= 0.3 is 0 Å². The van der Waals surface area contributed by atoms with E-state index >= 15 is 0 Å². The summed E-state index contributed by atoms with van der Waals surface area (Å²) in [6.07, 6.45) is 0.715. The van der Waals surface area contributed by atoms with Gasteiger partial charge in [-0.3, -0.25) is 4.79 Å². The van der Waals surface area contributed by atoms with E-state index in [1.165, 1.54) is 30.3 Å². The van der Waals surface area contributed by atoms with Gasteiger partial charge in [0.05, 0.1) is 12.0 Å². The van der Waals surface area contributed by atoms with Crippen LogP contribution in [0.3, 0.4) is 0 Å². The van der Waals surface area contributed by atoms with Gasteiger partial charge in [-0.2, -0.15) is 0 Å². The van der Waals surface area contributed by atoms with Gasteiger partial charge in [-0.15, -0.1) is 6.58 Å². The van der Waals surface area contributed by atoms with Gasteiger partial charge in [0, 0.05) is 12.2 Å². The first-order chi connectivity index (χ1) is 12.9. The minimum absolute atomic E-state index is 0.102. The first kappa shape index (κ1) is 20.5. The fourth-order valence-electron chi connectivity index (χ4n) is 2.13. The lowest BCUT2D eigenvalue weighted by molar-refractivity contribution is -0.122. The van der Waals surface area contributed by atoms with E-state index in [9.17, 15) is 13.2 Å². The topological polar surface area (TPSA) is 93.7 Å². The molecule has 2 N–H and O–H groups in total. The van der Waals surface area contributed by atoms with E-state index in [2.05, 4.69) is 16.6 Å². The zero-order valence-electron chi connectivity index (χ0n) is 15.1. The molecule has 27 heavy (non-hydrogen) atoms. The minimum Gasteiger partial charge on any atom is -0.497 e. The number of amides is 1. The predicted octanol–water partition coefficient (Wildman–Crippen LogP) is 2.57. The van der Waals surface area contributed by atoms with Gasteiger partial charge in [-0.05, 0) is 55.5 Å². The highest BCUT2D eigenvalue weighted by Gasteiger charge is 2.16. The number of hydrogen-bond donors (Lipinski definition) is 2. The lowest BCUT2D eigenvalue weighted by Gasteiger charge is -2.15. The zero-order valence-corrected chi connectivity index (χ0v) is 16.0. The van der Waals surface area contributed by atoms with Crippen LogP contribution in [-0.4, -0.2) is 34.1 Å². The molecule has 0 aliphatic rings. The molecule has 7 nitrogen and oxygen atoms in total. The van der Waals surface area contributed by atoms with E-state index < -0.39 is 16.1 Å². The first-order valence-electron chi connectivity index (χ1n) is 8.18. The van der Waals surface area contributed by atoms with Crippen molar-refractivity contribution in [3.05, 3.63) is 61.2 Å². The Labute approximate surface area is 159 Å². The van der Waals surface area contributed by atoms with Crippen LogP contribution in [0, 0.1) is 0 Å². The van der Waals surface area contributed by atoms with E-state index in [0.717, 1.165) is 0 Å². The van der Waals surface area contributed by atoms with Crippen molar-refractivity contribution in [2.75, 3.05) is 19.0 Å². The SMILES string of the molecule is C=CCNS(=O)(=O)c1ccc(NC(=O)C(C)Oc2ccc(OC)cc2)cc1. The monoisotopic (exact) mass is 390 g/mol. The molecule has 0 aromatic heterocycles. The molecular weight excluding hydrogens is 368 g/mol. The summed E-state index contributed by atoms with van der Waals surface area (Å²) in [5, 5.41) is 2.69.